The molecule has 1 amide bonds. The Hall–Kier alpha value is -2.28. The minimum Gasteiger partial charge on any atom is -0.449 e. The minimum absolute atomic E-state index is 0.396. The number of ether oxygens (including phenoxy) is 1. The molecule has 0 saturated heterocycles. The second kappa shape index (κ2) is 12.1. The zero-order chi connectivity index (χ0) is 22.9. The fourth-order valence-electron chi connectivity index (χ4n) is 4.35. The van der Waals surface area contributed by atoms with Crippen molar-refractivity contribution in [3.8, 4) is 0 Å². The summed E-state index contributed by atoms with van der Waals surface area (Å²) in [6, 6.07) is 4.15. The minimum atomic E-state index is -0.396. The number of imidazole rings is 1. The van der Waals surface area contributed by atoms with Gasteiger partial charge in [0, 0.05) is 25.6 Å². The molecule has 1 fully saturated rings. The summed E-state index contributed by atoms with van der Waals surface area (Å²) in [5, 5.41) is 3.00. The van der Waals surface area contributed by atoms with Crippen molar-refractivity contribution in [3.63, 3.8) is 0 Å². The molecule has 3 rings (SSSR count). The molecule has 0 aliphatic heterocycles. The number of likely N-dealkylation sites (N-methyl/N-ethyl adjacent to an activating group) is 2. The van der Waals surface area contributed by atoms with Gasteiger partial charge in [0.15, 0.2) is 0 Å². The molecule has 2 N–H and O–H groups in total. The SMILES string of the molecule is CCCCOC(=O)Nc1cc2[nH]c(C3CCCCC3)nc2cc1N(CC)CCN(C)CC. The number of carbonyl (C=O) groups is 1. The van der Waals surface area contributed by atoms with E-state index in [1.165, 1.54) is 32.1 Å². The highest BCUT2D eigenvalue weighted by Crippen LogP contribution is 2.35. The Labute approximate surface area is 192 Å². The molecule has 7 heteroatoms. The summed E-state index contributed by atoms with van der Waals surface area (Å²) in [5.41, 5.74) is 3.71. The van der Waals surface area contributed by atoms with Crippen LogP contribution in [0.15, 0.2) is 12.1 Å². The molecule has 1 aliphatic carbocycles. The van der Waals surface area contributed by atoms with Gasteiger partial charge in [-0.15, -0.1) is 0 Å². The number of fused-ring (bicyclic) bond motifs is 1. The van der Waals surface area contributed by atoms with Crippen LogP contribution in [0.25, 0.3) is 11.0 Å². The predicted molar refractivity (Wildman–Crippen MR) is 133 cm³/mol. The first-order chi connectivity index (χ1) is 15.5. The van der Waals surface area contributed by atoms with Gasteiger partial charge in [-0.3, -0.25) is 5.32 Å². The standard InChI is InChI=1S/C25H41N5O2/c1-5-8-16-32-25(31)28-22-17-20-21(27-24(26-20)19-12-10-9-11-13-19)18-23(22)30(7-3)15-14-29(4)6-2/h17-19H,5-16H2,1-4H3,(H,26,27)(H,28,31). The van der Waals surface area contributed by atoms with Gasteiger partial charge in [0.25, 0.3) is 0 Å². The molecule has 1 aliphatic rings. The van der Waals surface area contributed by atoms with Gasteiger partial charge in [-0.05, 0) is 51.9 Å². The number of aromatic amines is 1. The van der Waals surface area contributed by atoms with Crippen LogP contribution in [0.1, 0.15) is 77.5 Å². The number of hydrogen-bond acceptors (Lipinski definition) is 5. The fraction of sp³-hybridized carbons (Fsp3) is 0.680. The number of benzene rings is 1. The van der Waals surface area contributed by atoms with E-state index in [2.05, 4.69) is 54.0 Å². The molecule has 0 bridgehead atoms. The van der Waals surface area contributed by atoms with E-state index in [1.807, 2.05) is 6.07 Å². The van der Waals surface area contributed by atoms with Crippen molar-refractivity contribution in [2.75, 3.05) is 50.1 Å². The lowest BCUT2D eigenvalue weighted by Gasteiger charge is -2.28. The van der Waals surface area contributed by atoms with E-state index >= 15 is 0 Å². The summed E-state index contributed by atoms with van der Waals surface area (Å²) < 4.78 is 5.38. The number of hydrogen-bond donors (Lipinski definition) is 2. The number of nitrogens with one attached hydrogen (secondary N) is 2. The third-order valence-electron chi connectivity index (χ3n) is 6.59. The lowest BCUT2D eigenvalue weighted by molar-refractivity contribution is 0.160. The van der Waals surface area contributed by atoms with Crippen LogP contribution in [0.3, 0.4) is 0 Å². The Kier molecular flexibility index (Phi) is 9.21. The molecule has 32 heavy (non-hydrogen) atoms. The van der Waals surface area contributed by atoms with Crippen LogP contribution in [0.2, 0.25) is 0 Å². The van der Waals surface area contributed by atoms with E-state index in [9.17, 15) is 4.79 Å². The van der Waals surface area contributed by atoms with Crippen LogP contribution in [0.5, 0.6) is 0 Å². The molecular formula is C25H41N5O2. The normalized spacial score (nSPS) is 14.8. The zero-order valence-electron chi connectivity index (χ0n) is 20.4. The number of carbonyl (C=O) groups excluding carboxylic acids is 1. The van der Waals surface area contributed by atoms with Crippen LogP contribution in [0, 0.1) is 0 Å². The Morgan fingerprint density at radius 2 is 1.94 bits per heavy atom. The van der Waals surface area contributed by atoms with E-state index in [-0.39, 0.29) is 0 Å². The van der Waals surface area contributed by atoms with Crippen molar-refractivity contribution in [2.24, 2.45) is 0 Å². The van der Waals surface area contributed by atoms with Gasteiger partial charge < -0.3 is 19.5 Å². The molecule has 0 spiro atoms. The van der Waals surface area contributed by atoms with Crippen molar-refractivity contribution in [3.05, 3.63) is 18.0 Å². The van der Waals surface area contributed by atoms with Crippen molar-refractivity contribution < 1.29 is 9.53 Å². The first-order valence-electron chi connectivity index (χ1n) is 12.5. The molecule has 1 saturated carbocycles. The maximum atomic E-state index is 12.5. The largest absolute Gasteiger partial charge is 0.449 e. The highest BCUT2D eigenvalue weighted by Gasteiger charge is 2.21. The van der Waals surface area contributed by atoms with Crippen molar-refractivity contribution >= 4 is 28.5 Å². The molecule has 0 radical (unpaired) electrons. The summed E-state index contributed by atoms with van der Waals surface area (Å²) in [4.78, 5) is 25.6. The van der Waals surface area contributed by atoms with Crippen LogP contribution < -0.4 is 10.2 Å². The molecule has 1 aromatic heterocycles. The maximum Gasteiger partial charge on any atom is 0.411 e. The number of amides is 1. The van der Waals surface area contributed by atoms with Gasteiger partial charge in [-0.1, -0.05) is 39.5 Å². The second-order valence-electron chi connectivity index (χ2n) is 8.93. The van der Waals surface area contributed by atoms with Gasteiger partial charge in [-0.25, -0.2) is 9.78 Å². The monoisotopic (exact) mass is 443 g/mol. The molecule has 0 unspecified atom stereocenters. The maximum absolute atomic E-state index is 12.5. The third-order valence-corrected chi connectivity index (χ3v) is 6.59. The molecule has 1 aromatic carbocycles. The van der Waals surface area contributed by atoms with E-state index in [0.29, 0.717) is 12.5 Å². The number of aromatic nitrogens is 2. The number of nitrogens with zero attached hydrogens (tertiary/aromatic N) is 3. The summed E-state index contributed by atoms with van der Waals surface area (Å²) in [7, 11) is 2.13. The van der Waals surface area contributed by atoms with E-state index in [1.54, 1.807) is 0 Å². The molecule has 1 heterocycles. The van der Waals surface area contributed by atoms with E-state index in [0.717, 1.165) is 67.3 Å². The Morgan fingerprint density at radius 3 is 2.62 bits per heavy atom. The Balaban J connectivity index is 1.89. The van der Waals surface area contributed by atoms with Crippen molar-refractivity contribution in [1.29, 1.82) is 0 Å². The summed E-state index contributed by atoms with van der Waals surface area (Å²) in [6.07, 6.45) is 7.75. The molecule has 0 atom stereocenters. The van der Waals surface area contributed by atoms with Gasteiger partial charge in [0.2, 0.25) is 0 Å². The van der Waals surface area contributed by atoms with Crippen LogP contribution in [0.4, 0.5) is 16.2 Å². The van der Waals surface area contributed by atoms with Crippen molar-refractivity contribution in [1.82, 2.24) is 14.9 Å². The Morgan fingerprint density at radius 1 is 1.16 bits per heavy atom. The van der Waals surface area contributed by atoms with Gasteiger partial charge in [0.1, 0.15) is 5.82 Å². The lowest BCUT2D eigenvalue weighted by atomic mass is 9.89. The molecule has 7 nitrogen and oxygen atoms in total. The van der Waals surface area contributed by atoms with Crippen molar-refractivity contribution in [2.45, 2.75) is 71.6 Å². The molecule has 178 valence electrons. The first-order valence-corrected chi connectivity index (χ1v) is 12.5. The van der Waals surface area contributed by atoms with Gasteiger partial charge >= 0.3 is 6.09 Å². The fourth-order valence-corrected chi connectivity index (χ4v) is 4.35. The van der Waals surface area contributed by atoms with E-state index in [4.69, 9.17) is 9.72 Å². The summed E-state index contributed by atoms with van der Waals surface area (Å²) >= 11 is 0. The van der Waals surface area contributed by atoms with E-state index < -0.39 is 6.09 Å². The van der Waals surface area contributed by atoms with Crippen LogP contribution in [-0.4, -0.2) is 60.8 Å². The van der Waals surface area contributed by atoms with Crippen LogP contribution in [-0.2, 0) is 4.74 Å². The topological polar surface area (TPSA) is 73.5 Å². The summed E-state index contributed by atoms with van der Waals surface area (Å²) in [5.74, 6) is 1.59. The average Bonchev–Trinajstić information content (AvgIpc) is 3.23. The first kappa shape index (κ1) is 24.4. The number of anilines is 2. The number of unbranched alkanes of at least 4 members (excludes halogenated alkanes) is 1. The molecular weight excluding hydrogens is 402 g/mol. The lowest BCUT2D eigenvalue weighted by Crippen LogP contribution is -2.33. The predicted octanol–water partition coefficient (Wildman–Crippen LogP) is 5.74. The third kappa shape index (κ3) is 6.37. The smallest absolute Gasteiger partial charge is 0.411 e. The average molecular weight is 444 g/mol. The number of rotatable bonds is 11. The Bertz CT molecular complexity index is 859. The second-order valence-corrected chi connectivity index (χ2v) is 8.93. The highest BCUT2D eigenvalue weighted by molar-refractivity contribution is 5.95. The zero-order valence-corrected chi connectivity index (χ0v) is 20.4. The number of H-pyrrole nitrogens is 1. The van der Waals surface area contributed by atoms with Gasteiger partial charge in [-0.2, -0.15) is 0 Å². The molecule has 2 aromatic rings. The summed E-state index contributed by atoms with van der Waals surface area (Å²) in [6.45, 7) is 10.5. The quantitative estimate of drug-likeness (QED) is 0.433. The van der Waals surface area contributed by atoms with Crippen LogP contribution >= 0.6 is 0 Å². The highest BCUT2D eigenvalue weighted by atomic mass is 16.5. The van der Waals surface area contributed by atoms with Gasteiger partial charge in [0.05, 0.1) is 29.0 Å².